The van der Waals surface area contributed by atoms with Crippen LogP contribution >= 0.6 is 11.6 Å². The lowest BCUT2D eigenvalue weighted by Crippen LogP contribution is -2.49. The molecule has 1 unspecified atom stereocenters. The second-order valence-corrected chi connectivity index (χ2v) is 7.03. The third-order valence-corrected chi connectivity index (χ3v) is 4.80. The van der Waals surface area contributed by atoms with Crippen molar-refractivity contribution >= 4 is 40.2 Å². The van der Waals surface area contributed by atoms with Gasteiger partial charge in [0.05, 0.1) is 17.1 Å². The van der Waals surface area contributed by atoms with E-state index in [-0.39, 0.29) is 29.4 Å². The molecule has 0 saturated carbocycles. The quantitative estimate of drug-likeness (QED) is 0.403. The van der Waals surface area contributed by atoms with Gasteiger partial charge in [-0.3, -0.25) is 19.1 Å². The molecule has 0 aliphatic carbocycles. The molecule has 0 saturated heterocycles. The van der Waals surface area contributed by atoms with Gasteiger partial charge in [-0.15, -0.1) is 0 Å². The molecule has 0 bridgehead atoms. The van der Waals surface area contributed by atoms with Gasteiger partial charge in [0.25, 0.3) is 5.91 Å². The molecule has 3 rings (SSSR count). The maximum atomic E-state index is 13.9. The van der Waals surface area contributed by atoms with E-state index in [1.165, 1.54) is 22.9 Å². The molecule has 0 fully saturated rings. The standard InChI is InChI=1S/C20H19ClFN5O4/c21-13-6-3-4-11(17(13)22)8-24-20(31)14(10-28)25-16(29)9-27-15-7-2-1-5-12(15)18(26-27)19(23)30/h1-7,14,28H,8-10H2,(H2,23,30)(H,24,31)(H,25,29). The zero-order valence-electron chi connectivity index (χ0n) is 16.1. The van der Waals surface area contributed by atoms with E-state index in [1.807, 2.05) is 0 Å². The Labute approximate surface area is 181 Å². The number of carbonyl (C=O) groups excluding carboxylic acids is 3. The summed E-state index contributed by atoms with van der Waals surface area (Å²) in [7, 11) is 0. The molecule has 162 valence electrons. The molecule has 9 nitrogen and oxygen atoms in total. The van der Waals surface area contributed by atoms with Crippen LogP contribution in [0.1, 0.15) is 16.1 Å². The average Bonchev–Trinajstić information content (AvgIpc) is 3.11. The van der Waals surface area contributed by atoms with E-state index < -0.39 is 36.2 Å². The third-order valence-electron chi connectivity index (χ3n) is 4.50. The Bertz CT molecular complexity index is 1150. The normalized spacial score (nSPS) is 11.8. The van der Waals surface area contributed by atoms with Crippen LogP contribution in [-0.2, 0) is 22.7 Å². The van der Waals surface area contributed by atoms with E-state index in [4.69, 9.17) is 17.3 Å². The molecule has 1 atom stereocenters. The smallest absolute Gasteiger partial charge is 0.269 e. The van der Waals surface area contributed by atoms with Crippen molar-refractivity contribution in [2.24, 2.45) is 5.73 Å². The Kier molecular flexibility index (Phi) is 6.83. The number of hydrogen-bond donors (Lipinski definition) is 4. The van der Waals surface area contributed by atoms with Gasteiger partial charge < -0.3 is 21.5 Å². The lowest BCUT2D eigenvalue weighted by molar-refractivity contribution is -0.130. The molecule has 0 radical (unpaired) electrons. The van der Waals surface area contributed by atoms with Crippen LogP contribution < -0.4 is 16.4 Å². The molecule has 0 aliphatic heterocycles. The van der Waals surface area contributed by atoms with Crippen LogP contribution in [-0.4, -0.2) is 45.3 Å². The first-order valence-electron chi connectivity index (χ1n) is 9.18. The number of benzene rings is 2. The molecular weight excluding hydrogens is 429 g/mol. The predicted molar refractivity (Wildman–Crippen MR) is 111 cm³/mol. The highest BCUT2D eigenvalue weighted by Gasteiger charge is 2.22. The molecule has 3 amide bonds. The number of nitrogens with two attached hydrogens (primary N) is 1. The highest BCUT2D eigenvalue weighted by atomic mass is 35.5. The summed E-state index contributed by atoms with van der Waals surface area (Å²) < 4.78 is 15.2. The number of primary amides is 1. The molecular formula is C20H19ClFN5O4. The molecule has 1 heterocycles. The molecule has 31 heavy (non-hydrogen) atoms. The number of fused-ring (bicyclic) bond motifs is 1. The van der Waals surface area contributed by atoms with Crippen LogP contribution in [0.5, 0.6) is 0 Å². The van der Waals surface area contributed by atoms with Gasteiger partial charge in [0.1, 0.15) is 18.4 Å². The number of nitrogens with zero attached hydrogens (tertiary/aromatic N) is 2. The van der Waals surface area contributed by atoms with Crippen LogP contribution in [0.2, 0.25) is 5.02 Å². The number of aliphatic hydroxyl groups is 1. The van der Waals surface area contributed by atoms with Crippen LogP contribution in [0.15, 0.2) is 42.5 Å². The third kappa shape index (κ3) is 4.98. The van der Waals surface area contributed by atoms with Gasteiger partial charge in [0.15, 0.2) is 5.69 Å². The number of halogens is 2. The fraction of sp³-hybridized carbons (Fsp3) is 0.200. The number of aromatic nitrogens is 2. The summed E-state index contributed by atoms with van der Waals surface area (Å²) in [5.41, 5.74) is 6.01. The topological polar surface area (TPSA) is 139 Å². The van der Waals surface area contributed by atoms with Gasteiger partial charge in [0, 0.05) is 17.5 Å². The second-order valence-electron chi connectivity index (χ2n) is 6.62. The number of para-hydroxylation sites is 1. The van der Waals surface area contributed by atoms with E-state index >= 15 is 0 Å². The summed E-state index contributed by atoms with van der Waals surface area (Å²) in [6.45, 7) is -1.17. The minimum Gasteiger partial charge on any atom is -0.394 e. The Morgan fingerprint density at radius 3 is 2.65 bits per heavy atom. The summed E-state index contributed by atoms with van der Waals surface area (Å²) in [6, 6.07) is 9.82. The number of hydrogen-bond acceptors (Lipinski definition) is 5. The average molecular weight is 448 g/mol. The SMILES string of the molecule is NC(=O)c1nn(CC(=O)NC(CO)C(=O)NCc2cccc(Cl)c2F)c2ccccc12. The number of amides is 3. The first-order chi connectivity index (χ1) is 14.8. The van der Waals surface area contributed by atoms with E-state index in [0.717, 1.165) is 0 Å². The van der Waals surface area contributed by atoms with Crippen molar-refractivity contribution in [2.45, 2.75) is 19.1 Å². The summed E-state index contributed by atoms with van der Waals surface area (Å²) in [4.78, 5) is 36.3. The molecule has 3 aromatic rings. The minimum absolute atomic E-state index is 0.0170. The number of aliphatic hydroxyl groups excluding tert-OH is 1. The van der Waals surface area contributed by atoms with Crippen molar-refractivity contribution in [2.75, 3.05) is 6.61 Å². The molecule has 11 heteroatoms. The Morgan fingerprint density at radius 2 is 1.94 bits per heavy atom. The van der Waals surface area contributed by atoms with Crippen molar-refractivity contribution in [1.82, 2.24) is 20.4 Å². The number of rotatable bonds is 8. The number of nitrogens with one attached hydrogen (secondary N) is 2. The first kappa shape index (κ1) is 22.2. The molecule has 0 aliphatic rings. The lowest BCUT2D eigenvalue weighted by Gasteiger charge is -2.16. The van der Waals surface area contributed by atoms with Gasteiger partial charge in [-0.2, -0.15) is 5.10 Å². The van der Waals surface area contributed by atoms with Gasteiger partial charge in [-0.05, 0) is 12.1 Å². The Balaban J connectivity index is 1.66. The maximum Gasteiger partial charge on any atom is 0.269 e. The predicted octanol–water partition coefficient (Wildman–Crippen LogP) is 0.721. The second kappa shape index (κ2) is 9.54. The van der Waals surface area contributed by atoms with Gasteiger partial charge in [-0.25, -0.2) is 4.39 Å². The van der Waals surface area contributed by atoms with Crippen molar-refractivity contribution in [3.8, 4) is 0 Å². The summed E-state index contributed by atoms with van der Waals surface area (Å²) >= 11 is 5.71. The molecule has 2 aromatic carbocycles. The Morgan fingerprint density at radius 1 is 1.19 bits per heavy atom. The molecule has 1 aromatic heterocycles. The van der Waals surface area contributed by atoms with Crippen molar-refractivity contribution in [3.05, 3.63) is 64.6 Å². The van der Waals surface area contributed by atoms with E-state index in [0.29, 0.717) is 10.9 Å². The van der Waals surface area contributed by atoms with E-state index in [2.05, 4.69) is 15.7 Å². The van der Waals surface area contributed by atoms with Crippen molar-refractivity contribution < 1.29 is 23.9 Å². The first-order valence-corrected chi connectivity index (χ1v) is 9.55. The zero-order chi connectivity index (χ0) is 22.5. The van der Waals surface area contributed by atoms with Crippen LogP contribution in [0.3, 0.4) is 0 Å². The van der Waals surface area contributed by atoms with Crippen LogP contribution in [0.4, 0.5) is 4.39 Å². The Hall–Kier alpha value is -3.50. The van der Waals surface area contributed by atoms with Crippen LogP contribution in [0.25, 0.3) is 10.9 Å². The van der Waals surface area contributed by atoms with E-state index in [1.54, 1.807) is 24.3 Å². The molecule has 5 N–H and O–H groups in total. The monoisotopic (exact) mass is 447 g/mol. The largest absolute Gasteiger partial charge is 0.394 e. The fourth-order valence-corrected chi connectivity index (χ4v) is 3.18. The molecule has 0 spiro atoms. The van der Waals surface area contributed by atoms with Gasteiger partial charge in [-0.1, -0.05) is 41.9 Å². The fourth-order valence-electron chi connectivity index (χ4n) is 2.99. The summed E-state index contributed by atoms with van der Waals surface area (Å²) in [5.74, 6) is -2.74. The highest BCUT2D eigenvalue weighted by Crippen LogP contribution is 2.18. The van der Waals surface area contributed by atoms with Crippen molar-refractivity contribution in [3.63, 3.8) is 0 Å². The van der Waals surface area contributed by atoms with Gasteiger partial charge in [0.2, 0.25) is 11.8 Å². The van der Waals surface area contributed by atoms with Gasteiger partial charge >= 0.3 is 0 Å². The highest BCUT2D eigenvalue weighted by molar-refractivity contribution is 6.30. The van der Waals surface area contributed by atoms with E-state index in [9.17, 15) is 23.9 Å². The van der Waals surface area contributed by atoms with Crippen LogP contribution in [0, 0.1) is 5.82 Å². The maximum absolute atomic E-state index is 13.9. The summed E-state index contributed by atoms with van der Waals surface area (Å²) in [5, 5.41) is 18.8. The minimum atomic E-state index is -1.27. The zero-order valence-corrected chi connectivity index (χ0v) is 16.9. The number of carbonyl (C=O) groups is 3. The van der Waals surface area contributed by atoms with Crippen molar-refractivity contribution in [1.29, 1.82) is 0 Å². The lowest BCUT2D eigenvalue weighted by atomic mass is 10.2. The summed E-state index contributed by atoms with van der Waals surface area (Å²) in [6.07, 6.45) is 0.